The van der Waals surface area contributed by atoms with E-state index in [1.54, 1.807) is 12.1 Å². The average Bonchev–Trinajstić information content (AvgIpc) is 3.28. The minimum atomic E-state index is -0.497. The van der Waals surface area contributed by atoms with Gasteiger partial charge in [-0.15, -0.1) is 0 Å². The molecule has 1 fully saturated rings. The summed E-state index contributed by atoms with van der Waals surface area (Å²) in [6.07, 6.45) is 2.01. The Morgan fingerprint density at radius 1 is 1.38 bits per heavy atom. The van der Waals surface area contributed by atoms with E-state index in [9.17, 15) is 14.9 Å². The molecule has 6 nitrogen and oxygen atoms in total. The molecule has 0 saturated heterocycles. The maximum atomic E-state index is 12.4. The first-order valence-corrected chi connectivity index (χ1v) is 7.19. The fraction of sp³-hybridized carbons (Fsp3) is 0.533. The van der Waals surface area contributed by atoms with Crippen LogP contribution in [0.5, 0.6) is 0 Å². The highest BCUT2D eigenvalue weighted by atomic mass is 16.6. The van der Waals surface area contributed by atoms with Gasteiger partial charge in [-0.1, -0.05) is 26.0 Å². The summed E-state index contributed by atoms with van der Waals surface area (Å²) in [5.41, 5.74) is 6.91. The van der Waals surface area contributed by atoms with E-state index < -0.39 is 11.0 Å². The van der Waals surface area contributed by atoms with Crippen molar-refractivity contribution in [3.63, 3.8) is 0 Å². The molecule has 21 heavy (non-hydrogen) atoms. The van der Waals surface area contributed by atoms with Gasteiger partial charge in [0.2, 0.25) is 5.91 Å². The number of carbonyl (C=O) groups excluding carboxylic acids is 1. The van der Waals surface area contributed by atoms with E-state index in [0.29, 0.717) is 6.54 Å². The number of rotatable bonds is 6. The molecule has 114 valence electrons. The van der Waals surface area contributed by atoms with Gasteiger partial charge in [0.25, 0.3) is 5.69 Å². The molecule has 6 heteroatoms. The van der Waals surface area contributed by atoms with Crippen LogP contribution in [0.25, 0.3) is 0 Å². The van der Waals surface area contributed by atoms with E-state index in [0.717, 1.165) is 18.4 Å². The van der Waals surface area contributed by atoms with Gasteiger partial charge in [0, 0.05) is 24.7 Å². The highest BCUT2D eigenvalue weighted by Gasteiger charge is 2.35. The summed E-state index contributed by atoms with van der Waals surface area (Å²) in [5.74, 6) is 0.0569. The second-order valence-corrected chi connectivity index (χ2v) is 5.89. The highest BCUT2D eigenvalue weighted by molar-refractivity contribution is 5.82. The molecule has 1 aromatic carbocycles. The number of nitro benzene ring substituents is 1. The van der Waals surface area contributed by atoms with Gasteiger partial charge in [-0.2, -0.15) is 0 Å². The van der Waals surface area contributed by atoms with Crippen LogP contribution in [-0.4, -0.2) is 27.8 Å². The van der Waals surface area contributed by atoms with Crippen LogP contribution in [0.4, 0.5) is 5.69 Å². The smallest absolute Gasteiger partial charge is 0.269 e. The number of nitro groups is 1. The number of non-ortho nitro benzene ring substituents is 1. The number of amides is 1. The maximum Gasteiger partial charge on any atom is 0.269 e. The molecular weight excluding hydrogens is 270 g/mol. The molecule has 2 rings (SSSR count). The first kappa shape index (κ1) is 15.4. The van der Waals surface area contributed by atoms with E-state index in [1.165, 1.54) is 12.1 Å². The van der Waals surface area contributed by atoms with E-state index >= 15 is 0 Å². The molecule has 1 aromatic rings. The number of nitrogens with two attached hydrogens (primary N) is 1. The number of hydrogen-bond donors (Lipinski definition) is 1. The van der Waals surface area contributed by atoms with E-state index in [-0.39, 0.29) is 23.6 Å². The van der Waals surface area contributed by atoms with Crippen molar-refractivity contribution in [2.75, 3.05) is 0 Å². The van der Waals surface area contributed by atoms with Crippen LogP contribution < -0.4 is 5.73 Å². The third-order valence-electron chi connectivity index (χ3n) is 3.77. The molecule has 1 atom stereocenters. The lowest BCUT2D eigenvalue weighted by molar-refractivity contribution is -0.384. The van der Waals surface area contributed by atoms with Gasteiger partial charge in [0.1, 0.15) is 0 Å². The number of carbonyl (C=O) groups is 1. The summed E-state index contributed by atoms with van der Waals surface area (Å²) >= 11 is 0. The zero-order valence-electron chi connectivity index (χ0n) is 12.4. The Balaban J connectivity index is 2.09. The topological polar surface area (TPSA) is 89.5 Å². The Morgan fingerprint density at radius 2 is 1.95 bits per heavy atom. The normalized spacial score (nSPS) is 15.8. The van der Waals surface area contributed by atoms with Gasteiger partial charge in [-0.25, -0.2) is 0 Å². The van der Waals surface area contributed by atoms with Crippen LogP contribution >= 0.6 is 0 Å². The second-order valence-electron chi connectivity index (χ2n) is 5.89. The van der Waals surface area contributed by atoms with Crippen molar-refractivity contribution >= 4 is 11.6 Å². The van der Waals surface area contributed by atoms with Gasteiger partial charge in [-0.3, -0.25) is 14.9 Å². The second kappa shape index (κ2) is 6.22. The number of benzene rings is 1. The Morgan fingerprint density at radius 3 is 2.38 bits per heavy atom. The quantitative estimate of drug-likeness (QED) is 0.641. The third kappa shape index (κ3) is 3.78. The third-order valence-corrected chi connectivity index (χ3v) is 3.77. The van der Waals surface area contributed by atoms with Crippen LogP contribution in [0.3, 0.4) is 0 Å². The Labute approximate surface area is 124 Å². The Kier molecular flexibility index (Phi) is 4.57. The molecule has 0 spiro atoms. The lowest BCUT2D eigenvalue weighted by Crippen LogP contribution is -2.47. The number of hydrogen-bond acceptors (Lipinski definition) is 4. The fourth-order valence-electron chi connectivity index (χ4n) is 2.17. The van der Waals surface area contributed by atoms with Crippen LogP contribution in [0.2, 0.25) is 0 Å². The first-order chi connectivity index (χ1) is 9.90. The summed E-state index contributed by atoms with van der Waals surface area (Å²) in [4.78, 5) is 24.5. The zero-order valence-corrected chi connectivity index (χ0v) is 12.4. The lowest BCUT2D eigenvalue weighted by atomic mass is 10.0. The molecule has 2 N–H and O–H groups in total. The van der Waals surface area contributed by atoms with Crippen molar-refractivity contribution in [2.45, 2.75) is 45.3 Å². The molecule has 0 bridgehead atoms. The minimum absolute atomic E-state index is 0.0362. The molecule has 0 heterocycles. The first-order valence-electron chi connectivity index (χ1n) is 7.19. The standard InChI is InChI=1S/C15H21N3O3/c1-10(2)14(16)15(19)17(12-7-8-12)9-11-3-5-13(6-4-11)18(20)21/h3-6,10,12,14H,7-9,16H2,1-2H3. The van der Waals surface area contributed by atoms with Crippen molar-refractivity contribution in [3.8, 4) is 0 Å². The summed E-state index contributed by atoms with van der Waals surface area (Å²) in [6.45, 7) is 4.32. The summed E-state index contributed by atoms with van der Waals surface area (Å²) in [5, 5.41) is 10.6. The molecule has 0 radical (unpaired) electrons. The van der Waals surface area contributed by atoms with Gasteiger partial charge < -0.3 is 10.6 Å². The summed E-state index contributed by atoms with van der Waals surface area (Å²) < 4.78 is 0. The molecule has 1 aliphatic rings. The zero-order chi connectivity index (χ0) is 15.6. The van der Waals surface area contributed by atoms with Crippen molar-refractivity contribution in [1.29, 1.82) is 0 Å². The van der Waals surface area contributed by atoms with Crippen LogP contribution in [-0.2, 0) is 11.3 Å². The molecule has 1 unspecified atom stereocenters. The molecule has 1 amide bonds. The van der Waals surface area contributed by atoms with Gasteiger partial charge in [0.05, 0.1) is 11.0 Å². The summed E-state index contributed by atoms with van der Waals surface area (Å²) in [6, 6.07) is 6.09. The molecule has 0 aliphatic heterocycles. The van der Waals surface area contributed by atoms with E-state index in [4.69, 9.17) is 5.73 Å². The van der Waals surface area contributed by atoms with Crippen molar-refractivity contribution in [1.82, 2.24) is 4.90 Å². The minimum Gasteiger partial charge on any atom is -0.334 e. The Bertz CT molecular complexity index is 523. The van der Waals surface area contributed by atoms with Gasteiger partial charge >= 0.3 is 0 Å². The predicted octanol–water partition coefficient (Wildman–Crippen LogP) is 2.07. The lowest BCUT2D eigenvalue weighted by Gasteiger charge is -2.27. The van der Waals surface area contributed by atoms with Gasteiger partial charge in [0.15, 0.2) is 0 Å². The van der Waals surface area contributed by atoms with Crippen molar-refractivity contribution < 1.29 is 9.72 Å². The fourth-order valence-corrected chi connectivity index (χ4v) is 2.17. The highest BCUT2D eigenvalue weighted by Crippen LogP contribution is 2.29. The predicted molar refractivity (Wildman–Crippen MR) is 79.5 cm³/mol. The average molecular weight is 291 g/mol. The van der Waals surface area contributed by atoms with Gasteiger partial charge in [-0.05, 0) is 24.3 Å². The van der Waals surface area contributed by atoms with E-state index in [1.807, 2.05) is 18.7 Å². The van der Waals surface area contributed by atoms with E-state index in [2.05, 4.69) is 0 Å². The number of nitrogens with zero attached hydrogens (tertiary/aromatic N) is 2. The van der Waals surface area contributed by atoms with Crippen molar-refractivity contribution in [2.24, 2.45) is 11.7 Å². The van der Waals surface area contributed by atoms with Crippen LogP contribution in [0.15, 0.2) is 24.3 Å². The monoisotopic (exact) mass is 291 g/mol. The van der Waals surface area contributed by atoms with Crippen LogP contribution in [0, 0.1) is 16.0 Å². The largest absolute Gasteiger partial charge is 0.334 e. The molecule has 1 aliphatic carbocycles. The SMILES string of the molecule is CC(C)C(N)C(=O)N(Cc1ccc([N+](=O)[O-])cc1)C1CC1. The molecule has 0 aromatic heterocycles. The summed E-state index contributed by atoms with van der Waals surface area (Å²) in [7, 11) is 0. The molecule has 1 saturated carbocycles. The van der Waals surface area contributed by atoms with Crippen molar-refractivity contribution in [3.05, 3.63) is 39.9 Å². The Hall–Kier alpha value is -1.95. The molecular formula is C15H21N3O3. The van der Waals surface area contributed by atoms with Crippen LogP contribution in [0.1, 0.15) is 32.3 Å². The maximum absolute atomic E-state index is 12.4.